The van der Waals surface area contributed by atoms with Gasteiger partial charge in [-0.05, 0) is 36.8 Å². The molecule has 1 heterocycles. The number of benzene rings is 2. The number of hydrogen-bond donors (Lipinski definition) is 2. The lowest BCUT2D eigenvalue weighted by molar-refractivity contribution is -0.872. The molecule has 5 heteroatoms. The lowest BCUT2D eigenvalue weighted by atomic mass is 10.0. The third kappa shape index (κ3) is 3.32. The number of nitrogens with one attached hydrogen (secondary N) is 1. The summed E-state index contributed by atoms with van der Waals surface area (Å²) in [4.78, 5) is 1.23. The molecule has 3 nitrogen and oxygen atoms in total. The van der Waals surface area contributed by atoms with E-state index >= 15 is 0 Å². The highest BCUT2D eigenvalue weighted by Gasteiger charge is 2.19. The normalized spacial score (nSPS) is 11.0. The zero-order chi connectivity index (χ0) is 15.9. The van der Waals surface area contributed by atoms with Gasteiger partial charge in [-0.1, -0.05) is 23.7 Å². The van der Waals surface area contributed by atoms with E-state index in [1.165, 1.54) is 4.90 Å². The molecule has 0 aliphatic rings. The molecule has 0 atom stereocenters. The second-order valence-corrected chi connectivity index (χ2v) is 6.30. The molecule has 122 valence electrons. The van der Waals surface area contributed by atoms with Crippen LogP contribution in [0.1, 0.15) is 11.3 Å². The van der Waals surface area contributed by atoms with Gasteiger partial charge in [-0.2, -0.15) is 0 Å². The molecule has 0 aliphatic carbocycles. The Kier molecular flexibility index (Phi) is 5.25. The van der Waals surface area contributed by atoms with E-state index in [0.29, 0.717) is 11.6 Å². The summed E-state index contributed by atoms with van der Waals surface area (Å²) in [7, 11) is 4.10. The molecule has 0 spiro atoms. The van der Waals surface area contributed by atoms with E-state index in [1.54, 1.807) is 6.07 Å². The van der Waals surface area contributed by atoms with Gasteiger partial charge in [0.1, 0.15) is 23.6 Å². The van der Waals surface area contributed by atoms with Crippen molar-refractivity contribution in [2.75, 3.05) is 14.1 Å². The fourth-order valence-electron chi connectivity index (χ4n) is 2.82. The maximum Gasteiger partial charge on any atom is 0.147 e. The van der Waals surface area contributed by atoms with Gasteiger partial charge in [0, 0.05) is 16.0 Å². The second kappa shape index (κ2) is 6.83. The fourth-order valence-corrected chi connectivity index (χ4v) is 2.95. The van der Waals surface area contributed by atoms with Crippen molar-refractivity contribution in [2.24, 2.45) is 0 Å². The zero-order valence-electron chi connectivity index (χ0n) is 13.3. The van der Waals surface area contributed by atoms with Gasteiger partial charge in [-0.15, -0.1) is 0 Å². The van der Waals surface area contributed by atoms with E-state index in [9.17, 15) is 5.11 Å². The standard InChI is InChI=1S/C18H18ClNO2.ClH/c1-11-17(12-4-6-13(19)7-5-12)14-8-9-16(21)15(10-20(2)3)18(14)22-11;/h4-9,21H,10H2,1-3H3;1H. The Morgan fingerprint density at radius 3 is 2.35 bits per heavy atom. The van der Waals surface area contributed by atoms with Crippen LogP contribution in [0, 0.1) is 6.92 Å². The number of hydrogen-bond acceptors (Lipinski definition) is 2. The number of halogens is 2. The van der Waals surface area contributed by atoms with Gasteiger partial charge in [-0.25, -0.2) is 0 Å². The summed E-state index contributed by atoms with van der Waals surface area (Å²) in [6, 6.07) is 11.4. The van der Waals surface area contributed by atoms with Gasteiger partial charge in [-0.3, -0.25) is 0 Å². The summed E-state index contributed by atoms with van der Waals surface area (Å²) in [5.41, 5.74) is 3.74. The topological polar surface area (TPSA) is 37.8 Å². The minimum atomic E-state index is 0. The predicted octanol–water partition coefficient (Wildman–Crippen LogP) is 0.416. The van der Waals surface area contributed by atoms with Crippen LogP contribution in [0.15, 0.2) is 40.8 Å². The number of fused-ring (bicyclic) bond motifs is 1. The maximum absolute atomic E-state index is 10.2. The van der Waals surface area contributed by atoms with Gasteiger partial charge < -0.3 is 26.8 Å². The molecule has 0 unspecified atom stereocenters. The van der Waals surface area contributed by atoms with Crippen molar-refractivity contribution < 1.29 is 26.8 Å². The Morgan fingerprint density at radius 2 is 1.74 bits per heavy atom. The van der Waals surface area contributed by atoms with Crippen LogP contribution in [-0.2, 0) is 6.54 Å². The highest BCUT2D eigenvalue weighted by Crippen LogP contribution is 2.38. The first-order valence-corrected chi connectivity index (χ1v) is 7.64. The van der Waals surface area contributed by atoms with Crippen molar-refractivity contribution >= 4 is 22.6 Å². The number of rotatable bonds is 3. The Hall–Kier alpha value is -1.68. The lowest BCUT2D eigenvalue weighted by Gasteiger charge is -2.09. The molecular weight excluding hydrogens is 333 g/mol. The largest absolute Gasteiger partial charge is 1.00 e. The molecule has 0 bridgehead atoms. The summed E-state index contributed by atoms with van der Waals surface area (Å²) in [6.07, 6.45) is 0. The Morgan fingerprint density at radius 1 is 1.09 bits per heavy atom. The smallest absolute Gasteiger partial charge is 0.147 e. The van der Waals surface area contributed by atoms with Gasteiger partial charge >= 0.3 is 0 Å². The molecule has 23 heavy (non-hydrogen) atoms. The minimum Gasteiger partial charge on any atom is -1.00 e. The van der Waals surface area contributed by atoms with Crippen molar-refractivity contribution in [3.8, 4) is 16.9 Å². The molecule has 0 aliphatic heterocycles. The summed E-state index contributed by atoms with van der Waals surface area (Å²) in [6.45, 7) is 2.66. The van der Waals surface area contributed by atoms with Gasteiger partial charge in [0.2, 0.25) is 0 Å². The second-order valence-electron chi connectivity index (χ2n) is 5.86. The van der Waals surface area contributed by atoms with Crippen molar-refractivity contribution in [2.45, 2.75) is 13.5 Å². The number of aryl methyl sites for hydroxylation is 1. The van der Waals surface area contributed by atoms with E-state index in [0.717, 1.165) is 33.4 Å². The minimum absolute atomic E-state index is 0. The molecule has 0 radical (unpaired) electrons. The molecule has 0 fully saturated rings. The van der Waals surface area contributed by atoms with Crippen LogP contribution >= 0.6 is 11.6 Å². The quantitative estimate of drug-likeness (QED) is 0.717. The monoisotopic (exact) mass is 351 g/mol. The Labute approximate surface area is 146 Å². The molecular formula is C18H19Cl2NO2. The summed E-state index contributed by atoms with van der Waals surface area (Å²) >= 11 is 5.98. The average Bonchev–Trinajstić information content (AvgIpc) is 2.79. The van der Waals surface area contributed by atoms with Crippen molar-refractivity contribution in [1.82, 2.24) is 0 Å². The highest BCUT2D eigenvalue weighted by atomic mass is 35.5. The Bertz CT molecular complexity index is 823. The highest BCUT2D eigenvalue weighted by molar-refractivity contribution is 6.30. The first-order valence-electron chi connectivity index (χ1n) is 7.26. The number of quaternary nitrogens is 1. The maximum atomic E-state index is 10.2. The summed E-state index contributed by atoms with van der Waals surface area (Å²) in [5, 5.41) is 11.9. The van der Waals surface area contributed by atoms with Crippen LogP contribution in [0.5, 0.6) is 5.75 Å². The number of furan rings is 1. The molecule has 3 aromatic rings. The van der Waals surface area contributed by atoms with Gasteiger partial charge in [0.05, 0.1) is 19.7 Å². The van der Waals surface area contributed by atoms with Gasteiger partial charge in [0.25, 0.3) is 0 Å². The first-order chi connectivity index (χ1) is 10.5. The SMILES string of the molecule is Cc1oc2c(C[NH+](C)C)c(O)ccc2c1-c1ccc(Cl)cc1.[Cl-]. The van der Waals surface area contributed by atoms with Crippen LogP contribution in [-0.4, -0.2) is 19.2 Å². The van der Waals surface area contributed by atoms with E-state index in [4.69, 9.17) is 16.0 Å². The van der Waals surface area contributed by atoms with E-state index < -0.39 is 0 Å². The fraction of sp³-hybridized carbons (Fsp3) is 0.222. The third-order valence-electron chi connectivity index (χ3n) is 3.78. The van der Waals surface area contributed by atoms with Crippen molar-refractivity contribution in [1.29, 1.82) is 0 Å². The van der Waals surface area contributed by atoms with Crippen LogP contribution in [0.25, 0.3) is 22.1 Å². The van der Waals surface area contributed by atoms with Crippen molar-refractivity contribution in [3.63, 3.8) is 0 Å². The van der Waals surface area contributed by atoms with Crippen LogP contribution in [0.2, 0.25) is 5.02 Å². The average molecular weight is 352 g/mol. The first kappa shape index (κ1) is 17.7. The molecule has 3 rings (SSSR count). The Balaban J connectivity index is 0.00000192. The number of phenolic OH excluding ortho intramolecular Hbond substituents is 1. The lowest BCUT2D eigenvalue weighted by Crippen LogP contribution is -3.04. The molecule has 2 N–H and O–H groups in total. The van der Waals surface area contributed by atoms with E-state index in [1.807, 2.05) is 51.4 Å². The molecule has 2 aromatic carbocycles. The van der Waals surface area contributed by atoms with Crippen LogP contribution in [0.3, 0.4) is 0 Å². The molecule has 0 amide bonds. The zero-order valence-corrected chi connectivity index (χ0v) is 14.8. The summed E-state index contributed by atoms with van der Waals surface area (Å²) < 4.78 is 5.99. The number of phenols is 1. The molecule has 0 saturated carbocycles. The van der Waals surface area contributed by atoms with Crippen LogP contribution < -0.4 is 17.3 Å². The number of aromatic hydroxyl groups is 1. The third-order valence-corrected chi connectivity index (χ3v) is 4.03. The predicted molar refractivity (Wildman–Crippen MR) is 89.6 cm³/mol. The van der Waals surface area contributed by atoms with Crippen molar-refractivity contribution in [3.05, 3.63) is 52.7 Å². The van der Waals surface area contributed by atoms with Crippen LogP contribution in [0.4, 0.5) is 0 Å². The van der Waals surface area contributed by atoms with Gasteiger partial charge in [0.15, 0.2) is 0 Å². The summed E-state index contributed by atoms with van der Waals surface area (Å²) in [5.74, 6) is 1.13. The molecule has 1 aromatic heterocycles. The van der Waals surface area contributed by atoms with E-state index in [-0.39, 0.29) is 18.2 Å². The van der Waals surface area contributed by atoms with E-state index in [2.05, 4.69) is 0 Å². The molecule has 0 saturated heterocycles.